The van der Waals surface area contributed by atoms with Gasteiger partial charge in [-0.25, -0.2) is 5.43 Å². The molecule has 3 rings (SSSR count). The molecule has 138 valence electrons. The Morgan fingerprint density at radius 1 is 1.07 bits per heavy atom. The average molecular weight is 373 g/mol. The zero-order valence-corrected chi connectivity index (χ0v) is 13.8. The number of benzene rings is 2. The van der Waals surface area contributed by atoms with Crippen LogP contribution in [0.5, 0.6) is 5.75 Å². The number of hydrazone groups is 1. The van der Waals surface area contributed by atoms with Crippen molar-refractivity contribution in [2.45, 2.75) is 6.18 Å². The summed E-state index contributed by atoms with van der Waals surface area (Å²) in [6.07, 6.45) is -1.38. The number of aromatic hydroxyl groups is 1. The van der Waals surface area contributed by atoms with Gasteiger partial charge in [-0.3, -0.25) is 4.79 Å². The number of carbonyl (C=O) groups excluding carboxylic acids is 1. The quantitative estimate of drug-likeness (QED) is 0.537. The highest BCUT2D eigenvalue weighted by Crippen LogP contribution is 2.29. The SMILES string of the molecule is O=C(N/N=C/c1cccn1-c1ccc(O)cc1)c1cccc(C(F)(F)F)c1. The molecule has 1 aromatic heterocycles. The maximum Gasteiger partial charge on any atom is 0.416 e. The molecule has 0 radical (unpaired) electrons. The number of nitrogens with zero attached hydrogens (tertiary/aromatic N) is 2. The molecule has 5 nitrogen and oxygen atoms in total. The number of hydrogen-bond acceptors (Lipinski definition) is 3. The topological polar surface area (TPSA) is 66.6 Å². The predicted molar refractivity (Wildman–Crippen MR) is 93.9 cm³/mol. The first-order valence-electron chi connectivity index (χ1n) is 7.82. The Kier molecular flexibility index (Phi) is 4.98. The van der Waals surface area contributed by atoms with E-state index in [2.05, 4.69) is 10.5 Å². The van der Waals surface area contributed by atoms with Gasteiger partial charge in [-0.05, 0) is 54.6 Å². The molecule has 0 aliphatic carbocycles. The van der Waals surface area contributed by atoms with Crippen LogP contribution in [-0.2, 0) is 6.18 Å². The lowest BCUT2D eigenvalue weighted by Crippen LogP contribution is -2.18. The molecule has 0 saturated carbocycles. The highest BCUT2D eigenvalue weighted by atomic mass is 19.4. The zero-order valence-electron chi connectivity index (χ0n) is 13.8. The molecule has 8 heteroatoms. The Hall–Kier alpha value is -3.55. The molecule has 0 atom stereocenters. The summed E-state index contributed by atoms with van der Waals surface area (Å²) in [5, 5.41) is 13.2. The van der Waals surface area contributed by atoms with Gasteiger partial charge in [0.05, 0.1) is 17.5 Å². The summed E-state index contributed by atoms with van der Waals surface area (Å²) in [5.41, 5.74) is 2.57. The third-order valence-corrected chi connectivity index (χ3v) is 3.72. The Morgan fingerprint density at radius 3 is 2.52 bits per heavy atom. The largest absolute Gasteiger partial charge is 0.508 e. The Balaban J connectivity index is 1.73. The second kappa shape index (κ2) is 7.36. The van der Waals surface area contributed by atoms with E-state index < -0.39 is 17.6 Å². The maximum absolute atomic E-state index is 12.7. The number of nitrogens with one attached hydrogen (secondary N) is 1. The van der Waals surface area contributed by atoms with Gasteiger partial charge in [0.2, 0.25) is 0 Å². The van der Waals surface area contributed by atoms with Crippen molar-refractivity contribution in [3.63, 3.8) is 0 Å². The third-order valence-electron chi connectivity index (χ3n) is 3.72. The van der Waals surface area contributed by atoms with E-state index in [0.717, 1.165) is 23.9 Å². The van der Waals surface area contributed by atoms with Crippen LogP contribution >= 0.6 is 0 Å². The van der Waals surface area contributed by atoms with E-state index in [4.69, 9.17) is 0 Å². The van der Waals surface area contributed by atoms with Crippen molar-refractivity contribution >= 4 is 12.1 Å². The molecule has 0 bridgehead atoms. The number of amides is 1. The molecule has 0 fully saturated rings. The van der Waals surface area contributed by atoms with E-state index in [9.17, 15) is 23.1 Å². The van der Waals surface area contributed by atoms with Crippen LogP contribution in [0.4, 0.5) is 13.2 Å². The van der Waals surface area contributed by atoms with Crippen LogP contribution in [0.15, 0.2) is 72.0 Å². The van der Waals surface area contributed by atoms with Crippen molar-refractivity contribution in [3.8, 4) is 11.4 Å². The van der Waals surface area contributed by atoms with Crippen molar-refractivity contribution < 1.29 is 23.1 Å². The Labute approximate surface area is 152 Å². The lowest BCUT2D eigenvalue weighted by Gasteiger charge is -2.08. The number of phenolic OH excluding ortho intramolecular Hbond substituents is 1. The van der Waals surface area contributed by atoms with E-state index in [1.165, 1.54) is 24.4 Å². The van der Waals surface area contributed by atoms with Gasteiger partial charge in [0.1, 0.15) is 5.75 Å². The highest BCUT2D eigenvalue weighted by Gasteiger charge is 2.30. The highest BCUT2D eigenvalue weighted by molar-refractivity contribution is 5.95. The van der Waals surface area contributed by atoms with E-state index >= 15 is 0 Å². The summed E-state index contributed by atoms with van der Waals surface area (Å²) in [5.74, 6) is -0.616. The minimum atomic E-state index is -4.52. The number of rotatable bonds is 4. The lowest BCUT2D eigenvalue weighted by molar-refractivity contribution is -0.137. The molecule has 27 heavy (non-hydrogen) atoms. The maximum atomic E-state index is 12.7. The van der Waals surface area contributed by atoms with Gasteiger partial charge >= 0.3 is 6.18 Å². The fraction of sp³-hybridized carbons (Fsp3) is 0.0526. The first kappa shape index (κ1) is 18.2. The minimum absolute atomic E-state index is 0.134. The second-order valence-electron chi connectivity index (χ2n) is 5.60. The summed E-state index contributed by atoms with van der Waals surface area (Å²) < 4.78 is 39.9. The van der Waals surface area contributed by atoms with E-state index in [-0.39, 0.29) is 11.3 Å². The molecule has 0 unspecified atom stereocenters. The smallest absolute Gasteiger partial charge is 0.416 e. The van der Waals surface area contributed by atoms with Gasteiger partial charge in [0.25, 0.3) is 5.91 Å². The molecule has 1 heterocycles. The molecule has 2 aromatic carbocycles. The van der Waals surface area contributed by atoms with E-state index in [1.807, 2.05) is 0 Å². The van der Waals surface area contributed by atoms with Crippen LogP contribution < -0.4 is 5.43 Å². The second-order valence-corrected chi connectivity index (χ2v) is 5.60. The van der Waals surface area contributed by atoms with Crippen molar-refractivity contribution in [1.29, 1.82) is 0 Å². The van der Waals surface area contributed by atoms with Gasteiger partial charge in [-0.15, -0.1) is 0 Å². The van der Waals surface area contributed by atoms with Crippen LogP contribution in [0.1, 0.15) is 21.6 Å². The molecule has 0 spiro atoms. The lowest BCUT2D eigenvalue weighted by atomic mass is 10.1. The van der Waals surface area contributed by atoms with Crippen molar-refractivity contribution in [3.05, 3.63) is 83.7 Å². The molecule has 0 saturated heterocycles. The van der Waals surface area contributed by atoms with Crippen molar-refractivity contribution in [2.24, 2.45) is 5.10 Å². The molecule has 0 aliphatic heterocycles. The number of halogens is 3. The van der Waals surface area contributed by atoms with Gasteiger partial charge < -0.3 is 9.67 Å². The van der Waals surface area contributed by atoms with Gasteiger partial charge in [0, 0.05) is 17.4 Å². The Bertz CT molecular complexity index is 976. The van der Waals surface area contributed by atoms with Crippen LogP contribution in [0.2, 0.25) is 0 Å². The average Bonchev–Trinajstić information content (AvgIpc) is 3.10. The summed E-state index contributed by atoms with van der Waals surface area (Å²) in [6.45, 7) is 0. The molecule has 2 N–H and O–H groups in total. The number of carbonyl (C=O) groups is 1. The minimum Gasteiger partial charge on any atom is -0.508 e. The third kappa shape index (κ3) is 4.35. The number of aromatic nitrogens is 1. The summed E-state index contributed by atoms with van der Waals surface area (Å²) in [4.78, 5) is 12.0. The first-order chi connectivity index (χ1) is 12.8. The summed E-state index contributed by atoms with van der Waals surface area (Å²) >= 11 is 0. The normalized spacial score (nSPS) is 11.7. The number of hydrogen-bond donors (Lipinski definition) is 2. The van der Waals surface area contributed by atoms with Crippen LogP contribution in [0.3, 0.4) is 0 Å². The number of alkyl halides is 3. The fourth-order valence-electron chi connectivity index (χ4n) is 2.41. The predicted octanol–water partition coefficient (Wildman–Crippen LogP) is 3.97. The van der Waals surface area contributed by atoms with E-state index in [0.29, 0.717) is 5.69 Å². The Morgan fingerprint density at radius 2 is 1.81 bits per heavy atom. The van der Waals surface area contributed by atoms with Gasteiger partial charge in [-0.2, -0.15) is 18.3 Å². The van der Waals surface area contributed by atoms with Crippen LogP contribution in [0.25, 0.3) is 5.69 Å². The van der Waals surface area contributed by atoms with Crippen LogP contribution in [-0.4, -0.2) is 21.8 Å². The first-order valence-corrected chi connectivity index (χ1v) is 7.82. The van der Waals surface area contributed by atoms with E-state index in [1.54, 1.807) is 35.0 Å². The summed E-state index contributed by atoms with van der Waals surface area (Å²) in [6, 6.07) is 14.1. The van der Waals surface area contributed by atoms with Crippen molar-refractivity contribution in [2.75, 3.05) is 0 Å². The molecule has 3 aromatic rings. The zero-order chi connectivity index (χ0) is 19.4. The van der Waals surface area contributed by atoms with Gasteiger partial charge in [-0.1, -0.05) is 6.07 Å². The monoisotopic (exact) mass is 373 g/mol. The standard InChI is InChI=1S/C19H14F3N3O2/c20-19(21,22)14-4-1-3-13(11-14)18(27)24-23-12-16-5-2-10-25(16)15-6-8-17(26)9-7-15/h1-12,26H,(H,24,27)/b23-12+. The molecular formula is C19H14F3N3O2. The van der Waals surface area contributed by atoms with Crippen molar-refractivity contribution in [1.82, 2.24) is 9.99 Å². The van der Waals surface area contributed by atoms with Crippen LogP contribution in [0, 0.1) is 0 Å². The summed E-state index contributed by atoms with van der Waals surface area (Å²) in [7, 11) is 0. The van der Waals surface area contributed by atoms with Gasteiger partial charge in [0.15, 0.2) is 0 Å². The number of phenols is 1. The molecule has 1 amide bonds. The fourth-order valence-corrected chi connectivity index (χ4v) is 2.41. The molecular weight excluding hydrogens is 359 g/mol. The molecule has 0 aliphatic rings.